The maximum atomic E-state index is 5.52. The van der Waals surface area contributed by atoms with Gasteiger partial charge in [0.05, 0.1) is 41.8 Å². The molecule has 3 aliphatic rings. The molecule has 2 aliphatic heterocycles. The molecule has 0 fully saturated rings. The summed E-state index contributed by atoms with van der Waals surface area (Å²) in [4.78, 5) is 0. The number of thiazole rings is 1. The van der Waals surface area contributed by atoms with Crippen LogP contribution in [0.5, 0.6) is 0 Å². The van der Waals surface area contributed by atoms with Gasteiger partial charge in [0.1, 0.15) is 0 Å². The van der Waals surface area contributed by atoms with Crippen molar-refractivity contribution in [2.45, 2.75) is 23.8 Å². The molecule has 122 valence electrons. The molecule has 4 heteroatoms. The zero-order valence-electron chi connectivity index (χ0n) is 13.5. The van der Waals surface area contributed by atoms with E-state index in [2.05, 4.69) is 52.5 Å². The average molecular weight is 346 g/mol. The zero-order chi connectivity index (χ0) is 16.4. The molecule has 0 saturated heterocycles. The van der Waals surface area contributed by atoms with E-state index in [1.807, 2.05) is 23.9 Å². The van der Waals surface area contributed by atoms with Gasteiger partial charge in [-0.3, -0.25) is 0 Å². The fourth-order valence-electron chi connectivity index (χ4n) is 5.01. The SMILES string of the molecule is c1ccc2c(c1)C1CC(c3ccoc3)(c3ccoc3)C2c2scc[n+]21. The van der Waals surface area contributed by atoms with E-state index in [-0.39, 0.29) is 11.3 Å². The molecule has 3 nitrogen and oxygen atoms in total. The van der Waals surface area contributed by atoms with Gasteiger partial charge < -0.3 is 8.83 Å². The van der Waals surface area contributed by atoms with Crippen LogP contribution in [0.1, 0.15) is 45.6 Å². The summed E-state index contributed by atoms with van der Waals surface area (Å²) < 4.78 is 13.5. The third-order valence-corrected chi connectivity index (χ3v) is 6.94. The van der Waals surface area contributed by atoms with Crippen molar-refractivity contribution in [3.8, 4) is 0 Å². The Labute approximate surface area is 149 Å². The number of benzene rings is 1. The standard InChI is InChI=1S/C21H16NO2S/c1-2-4-17-16(3-1)18-11-21(14-5-8-23-12-14,15-6-9-24-13-15)19(17)20-22(18)7-10-25-20/h1-10,12-13,18-19H,11H2/q+1. The van der Waals surface area contributed by atoms with Gasteiger partial charge in [-0.2, -0.15) is 4.57 Å². The van der Waals surface area contributed by atoms with E-state index in [9.17, 15) is 0 Å². The summed E-state index contributed by atoms with van der Waals surface area (Å²) in [6.45, 7) is 0. The van der Waals surface area contributed by atoms with Crippen LogP contribution in [0.15, 0.2) is 81.9 Å². The van der Waals surface area contributed by atoms with Gasteiger partial charge >= 0.3 is 0 Å². The molecule has 3 aromatic heterocycles. The highest BCUT2D eigenvalue weighted by Crippen LogP contribution is 2.60. The fourth-order valence-corrected chi connectivity index (χ4v) is 6.12. The van der Waals surface area contributed by atoms with E-state index in [4.69, 9.17) is 8.83 Å². The van der Waals surface area contributed by atoms with E-state index < -0.39 is 0 Å². The highest BCUT2D eigenvalue weighted by Gasteiger charge is 2.60. The Bertz CT molecular complexity index is 1010. The van der Waals surface area contributed by atoms with Crippen molar-refractivity contribution in [3.05, 3.63) is 100 Å². The van der Waals surface area contributed by atoms with Crippen molar-refractivity contribution in [2.75, 3.05) is 0 Å². The Kier molecular flexibility index (Phi) is 2.59. The van der Waals surface area contributed by atoms with Gasteiger partial charge in [0, 0.05) is 23.1 Å². The quantitative estimate of drug-likeness (QED) is 0.495. The Balaban J connectivity index is 1.73. The van der Waals surface area contributed by atoms with Gasteiger partial charge in [-0.1, -0.05) is 35.6 Å². The smallest absolute Gasteiger partial charge is 0.246 e. The van der Waals surface area contributed by atoms with Crippen LogP contribution in [0.25, 0.3) is 0 Å². The van der Waals surface area contributed by atoms with Gasteiger partial charge in [0.2, 0.25) is 5.01 Å². The van der Waals surface area contributed by atoms with E-state index in [0.717, 1.165) is 6.42 Å². The molecular formula is C21H16NO2S+. The van der Waals surface area contributed by atoms with Gasteiger partial charge in [0.25, 0.3) is 0 Å². The lowest BCUT2D eigenvalue weighted by Crippen LogP contribution is -2.58. The van der Waals surface area contributed by atoms with Gasteiger partial charge in [0.15, 0.2) is 12.2 Å². The summed E-state index contributed by atoms with van der Waals surface area (Å²) in [5, 5.41) is 3.62. The van der Waals surface area contributed by atoms with Crippen molar-refractivity contribution in [3.63, 3.8) is 0 Å². The second-order valence-electron chi connectivity index (χ2n) is 6.93. The van der Waals surface area contributed by atoms with Gasteiger partial charge in [-0.15, -0.1) is 0 Å². The average Bonchev–Trinajstić information content (AvgIpc) is 3.44. The lowest BCUT2D eigenvalue weighted by Gasteiger charge is -2.47. The molecule has 1 aliphatic carbocycles. The maximum Gasteiger partial charge on any atom is 0.246 e. The molecule has 0 N–H and O–H groups in total. The van der Waals surface area contributed by atoms with Crippen LogP contribution in [-0.2, 0) is 5.41 Å². The first kappa shape index (κ1) is 13.7. The van der Waals surface area contributed by atoms with Crippen LogP contribution in [-0.4, -0.2) is 0 Å². The van der Waals surface area contributed by atoms with E-state index >= 15 is 0 Å². The predicted octanol–water partition coefficient (Wildman–Crippen LogP) is 4.65. The number of rotatable bonds is 2. The number of furan rings is 2. The summed E-state index contributed by atoms with van der Waals surface area (Å²) in [7, 11) is 0. The number of hydrogen-bond acceptors (Lipinski definition) is 3. The molecule has 2 bridgehead atoms. The van der Waals surface area contributed by atoms with E-state index in [1.165, 1.54) is 27.3 Å². The molecule has 4 aromatic rings. The third kappa shape index (κ3) is 1.58. The zero-order valence-corrected chi connectivity index (χ0v) is 14.3. The van der Waals surface area contributed by atoms with Crippen LogP contribution in [0.2, 0.25) is 0 Å². The fraction of sp³-hybridized carbons (Fsp3) is 0.190. The largest absolute Gasteiger partial charge is 0.472 e. The summed E-state index contributed by atoms with van der Waals surface area (Å²) in [5.74, 6) is 0.267. The third-order valence-electron chi connectivity index (χ3n) is 5.99. The van der Waals surface area contributed by atoms with Gasteiger partial charge in [-0.05, 0) is 17.7 Å². The second kappa shape index (κ2) is 4.73. The van der Waals surface area contributed by atoms with Crippen LogP contribution < -0.4 is 4.57 Å². The van der Waals surface area contributed by atoms with Crippen molar-refractivity contribution in [2.24, 2.45) is 0 Å². The van der Waals surface area contributed by atoms with Crippen molar-refractivity contribution in [1.29, 1.82) is 0 Å². The summed E-state index contributed by atoms with van der Waals surface area (Å²) in [6.07, 6.45) is 10.6. The molecule has 0 saturated carbocycles. The molecular weight excluding hydrogens is 330 g/mol. The molecule has 5 heterocycles. The molecule has 2 unspecified atom stereocenters. The van der Waals surface area contributed by atoms with Crippen LogP contribution in [0.3, 0.4) is 0 Å². The molecule has 0 radical (unpaired) electrons. The van der Waals surface area contributed by atoms with Crippen molar-refractivity contribution in [1.82, 2.24) is 0 Å². The molecule has 1 aromatic carbocycles. The Morgan fingerprint density at radius 1 is 0.960 bits per heavy atom. The number of hydrogen-bond donors (Lipinski definition) is 0. The summed E-state index contributed by atoms with van der Waals surface area (Å²) in [6, 6.07) is 13.5. The van der Waals surface area contributed by atoms with Crippen LogP contribution >= 0.6 is 11.3 Å². The maximum absolute atomic E-state index is 5.52. The molecule has 25 heavy (non-hydrogen) atoms. The first-order valence-corrected chi connectivity index (χ1v) is 9.40. The Hall–Kier alpha value is -2.59. The Morgan fingerprint density at radius 3 is 2.36 bits per heavy atom. The number of nitrogens with zero attached hydrogens (tertiary/aromatic N) is 1. The van der Waals surface area contributed by atoms with Crippen LogP contribution in [0.4, 0.5) is 0 Å². The van der Waals surface area contributed by atoms with Crippen molar-refractivity contribution >= 4 is 11.3 Å². The highest BCUT2D eigenvalue weighted by molar-refractivity contribution is 7.09. The predicted molar refractivity (Wildman–Crippen MR) is 93.8 cm³/mol. The summed E-state index contributed by atoms with van der Waals surface area (Å²) >= 11 is 1.85. The minimum Gasteiger partial charge on any atom is -0.472 e. The molecule has 2 atom stereocenters. The molecule has 0 spiro atoms. The normalized spacial score (nSPS) is 22.6. The van der Waals surface area contributed by atoms with E-state index in [1.54, 1.807) is 12.5 Å². The number of aromatic nitrogens is 1. The summed E-state index contributed by atoms with van der Waals surface area (Å²) in [5.41, 5.74) is 5.20. The highest BCUT2D eigenvalue weighted by atomic mass is 32.1. The van der Waals surface area contributed by atoms with Crippen LogP contribution in [0, 0.1) is 0 Å². The first-order valence-electron chi connectivity index (χ1n) is 8.52. The Morgan fingerprint density at radius 2 is 1.68 bits per heavy atom. The topological polar surface area (TPSA) is 30.2 Å². The molecule has 0 amide bonds. The van der Waals surface area contributed by atoms with Crippen molar-refractivity contribution < 1.29 is 13.4 Å². The lowest BCUT2D eigenvalue weighted by atomic mass is 9.55. The lowest BCUT2D eigenvalue weighted by molar-refractivity contribution is -0.727. The monoisotopic (exact) mass is 346 g/mol. The van der Waals surface area contributed by atoms with E-state index in [0.29, 0.717) is 6.04 Å². The second-order valence-corrected chi connectivity index (χ2v) is 7.85. The number of fused-ring (bicyclic) bond motifs is 1. The minimum absolute atomic E-state index is 0.149. The molecule has 7 rings (SSSR count). The van der Waals surface area contributed by atoms with Gasteiger partial charge in [-0.25, -0.2) is 0 Å². The minimum atomic E-state index is -0.149. The first-order chi connectivity index (χ1) is 12.4.